The lowest BCUT2D eigenvalue weighted by atomic mass is 10.1. The number of likely N-dealkylation sites (tertiary alicyclic amines) is 1. The number of carbonyl (C=O) groups is 1. The standard InChI is InChI=1S/C20H26FN3O2/c1-14(24-9-3-2-4-10-24)13-22-19(25)8-6-16-11-15-5-7-17(21)12-18(15)23-20(16)26/h5,7,11-12,14H,2-4,6,8-10,13H2,1H3,(H,22,25)(H,23,26). The van der Waals surface area contributed by atoms with E-state index in [1.807, 2.05) is 0 Å². The topological polar surface area (TPSA) is 65.2 Å². The molecular weight excluding hydrogens is 333 g/mol. The van der Waals surface area contributed by atoms with Crippen LogP contribution in [0.3, 0.4) is 0 Å². The number of rotatable bonds is 6. The van der Waals surface area contributed by atoms with Crippen molar-refractivity contribution in [3.8, 4) is 0 Å². The maximum absolute atomic E-state index is 13.2. The first-order valence-corrected chi connectivity index (χ1v) is 9.35. The van der Waals surface area contributed by atoms with Gasteiger partial charge in [-0.2, -0.15) is 0 Å². The van der Waals surface area contributed by atoms with E-state index < -0.39 is 0 Å². The predicted molar refractivity (Wildman–Crippen MR) is 101 cm³/mol. The van der Waals surface area contributed by atoms with Gasteiger partial charge in [0.05, 0.1) is 5.52 Å². The lowest BCUT2D eigenvalue weighted by molar-refractivity contribution is -0.121. The van der Waals surface area contributed by atoms with Crippen molar-refractivity contribution in [1.82, 2.24) is 15.2 Å². The molecule has 0 aliphatic carbocycles. The molecule has 1 aliphatic heterocycles. The Balaban J connectivity index is 1.52. The van der Waals surface area contributed by atoms with E-state index in [9.17, 15) is 14.0 Å². The van der Waals surface area contributed by atoms with Crippen LogP contribution in [-0.4, -0.2) is 41.5 Å². The minimum absolute atomic E-state index is 0.0486. The highest BCUT2D eigenvalue weighted by molar-refractivity contribution is 5.79. The molecule has 140 valence electrons. The van der Waals surface area contributed by atoms with Gasteiger partial charge >= 0.3 is 0 Å². The third-order valence-corrected chi connectivity index (χ3v) is 5.11. The zero-order valence-corrected chi connectivity index (χ0v) is 15.2. The van der Waals surface area contributed by atoms with Crippen LogP contribution >= 0.6 is 0 Å². The van der Waals surface area contributed by atoms with Crippen LogP contribution < -0.4 is 10.9 Å². The quantitative estimate of drug-likeness (QED) is 0.833. The fourth-order valence-corrected chi connectivity index (χ4v) is 3.49. The summed E-state index contributed by atoms with van der Waals surface area (Å²) in [6.45, 7) is 4.97. The average molecular weight is 359 g/mol. The fourth-order valence-electron chi connectivity index (χ4n) is 3.49. The Kier molecular flexibility index (Phi) is 6.04. The number of hydrogen-bond acceptors (Lipinski definition) is 3. The SMILES string of the molecule is CC(CNC(=O)CCc1cc2ccc(F)cc2[nH]c1=O)N1CCCCC1. The van der Waals surface area contributed by atoms with Crippen LogP contribution in [0.4, 0.5) is 4.39 Å². The van der Waals surface area contributed by atoms with Gasteiger partial charge in [-0.25, -0.2) is 4.39 Å². The number of nitrogens with zero attached hydrogens (tertiary/aromatic N) is 1. The minimum Gasteiger partial charge on any atom is -0.355 e. The first kappa shape index (κ1) is 18.6. The Labute approximate surface area is 152 Å². The molecular formula is C20H26FN3O2. The van der Waals surface area contributed by atoms with Crippen LogP contribution in [0, 0.1) is 5.82 Å². The van der Waals surface area contributed by atoms with E-state index in [0.717, 1.165) is 18.5 Å². The minimum atomic E-state index is -0.386. The van der Waals surface area contributed by atoms with E-state index in [-0.39, 0.29) is 23.7 Å². The molecule has 1 aliphatic rings. The first-order valence-electron chi connectivity index (χ1n) is 9.35. The van der Waals surface area contributed by atoms with Crippen molar-refractivity contribution in [3.63, 3.8) is 0 Å². The number of piperidine rings is 1. The van der Waals surface area contributed by atoms with Crippen LogP contribution in [0.1, 0.15) is 38.2 Å². The molecule has 6 heteroatoms. The molecule has 3 rings (SSSR count). The number of benzene rings is 1. The lowest BCUT2D eigenvalue weighted by Crippen LogP contribution is -2.44. The second-order valence-electron chi connectivity index (χ2n) is 7.10. The molecule has 1 aromatic heterocycles. The summed E-state index contributed by atoms with van der Waals surface area (Å²) in [5.41, 5.74) is 0.750. The molecule has 26 heavy (non-hydrogen) atoms. The second-order valence-corrected chi connectivity index (χ2v) is 7.10. The van der Waals surface area contributed by atoms with Crippen molar-refractivity contribution in [3.05, 3.63) is 46.0 Å². The van der Waals surface area contributed by atoms with Gasteiger partial charge in [-0.05, 0) is 68.9 Å². The van der Waals surface area contributed by atoms with E-state index in [1.54, 1.807) is 12.1 Å². The molecule has 0 spiro atoms. The molecule has 1 saturated heterocycles. The zero-order valence-electron chi connectivity index (χ0n) is 15.2. The average Bonchev–Trinajstić information content (AvgIpc) is 2.65. The van der Waals surface area contributed by atoms with Crippen LogP contribution in [0.25, 0.3) is 10.9 Å². The monoisotopic (exact) mass is 359 g/mol. The second kappa shape index (κ2) is 8.45. The summed E-state index contributed by atoms with van der Waals surface area (Å²) in [5.74, 6) is -0.435. The number of aromatic nitrogens is 1. The summed E-state index contributed by atoms with van der Waals surface area (Å²) < 4.78 is 13.2. The molecule has 0 radical (unpaired) electrons. The molecule has 0 saturated carbocycles. The number of H-pyrrole nitrogens is 1. The van der Waals surface area contributed by atoms with Gasteiger partial charge in [0.2, 0.25) is 5.91 Å². The van der Waals surface area contributed by atoms with E-state index >= 15 is 0 Å². The predicted octanol–water partition coefficient (Wildman–Crippen LogP) is 2.59. The zero-order chi connectivity index (χ0) is 18.5. The number of aromatic amines is 1. The Hall–Kier alpha value is -2.21. The highest BCUT2D eigenvalue weighted by Gasteiger charge is 2.17. The summed E-state index contributed by atoms with van der Waals surface area (Å²) in [4.78, 5) is 29.3. The third-order valence-electron chi connectivity index (χ3n) is 5.11. The molecule has 1 fully saturated rings. The van der Waals surface area contributed by atoms with E-state index in [2.05, 4.69) is 22.1 Å². The summed E-state index contributed by atoms with van der Waals surface area (Å²) in [6.07, 6.45) is 4.39. The smallest absolute Gasteiger partial charge is 0.251 e. The largest absolute Gasteiger partial charge is 0.355 e. The lowest BCUT2D eigenvalue weighted by Gasteiger charge is -2.32. The number of aryl methyl sites for hydroxylation is 1. The first-order chi connectivity index (χ1) is 12.5. The molecule has 2 heterocycles. The normalized spacial score (nSPS) is 16.5. The van der Waals surface area contributed by atoms with Gasteiger partial charge in [-0.3, -0.25) is 14.5 Å². The maximum atomic E-state index is 13.2. The Morgan fingerprint density at radius 1 is 1.27 bits per heavy atom. The Morgan fingerprint density at radius 2 is 2.04 bits per heavy atom. The van der Waals surface area contributed by atoms with Gasteiger partial charge < -0.3 is 10.3 Å². The fraction of sp³-hybridized carbons (Fsp3) is 0.500. The summed E-state index contributed by atoms with van der Waals surface area (Å²) in [6, 6.07) is 6.36. The van der Waals surface area contributed by atoms with Crippen LogP contribution in [0.15, 0.2) is 29.1 Å². The van der Waals surface area contributed by atoms with E-state index in [4.69, 9.17) is 0 Å². The number of fused-ring (bicyclic) bond motifs is 1. The van der Waals surface area contributed by atoms with E-state index in [1.165, 1.54) is 31.4 Å². The van der Waals surface area contributed by atoms with Crippen LogP contribution in [0.5, 0.6) is 0 Å². The maximum Gasteiger partial charge on any atom is 0.251 e. The number of amides is 1. The number of nitrogens with one attached hydrogen (secondary N) is 2. The van der Waals surface area contributed by atoms with Gasteiger partial charge in [0.25, 0.3) is 5.56 Å². The van der Waals surface area contributed by atoms with Gasteiger partial charge in [-0.15, -0.1) is 0 Å². The number of hydrogen-bond donors (Lipinski definition) is 2. The van der Waals surface area contributed by atoms with Gasteiger partial charge in [0.1, 0.15) is 5.82 Å². The summed E-state index contributed by atoms with van der Waals surface area (Å²) in [5, 5.41) is 3.74. The van der Waals surface area contributed by atoms with Gasteiger partial charge in [-0.1, -0.05) is 6.42 Å². The third kappa shape index (κ3) is 4.69. The van der Waals surface area contributed by atoms with Crippen molar-refractivity contribution in [2.24, 2.45) is 0 Å². The molecule has 1 aromatic carbocycles. The van der Waals surface area contributed by atoms with Crippen LogP contribution in [-0.2, 0) is 11.2 Å². The van der Waals surface area contributed by atoms with Gasteiger partial charge in [0, 0.05) is 24.6 Å². The Bertz CT molecular complexity index is 827. The van der Waals surface area contributed by atoms with Crippen molar-refractivity contribution in [1.29, 1.82) is 0 Å². The number of pyridine rings is 1. The summed E-state index contributed by atoms with van der Waals surface area (Å²) >= 11 is 0. The molecule has 0 bridgehead atoms. The molecule has 1 unspecified atom stereocenters. The highest BCUT2D eigenvalue weighted by Crippen LogP contribution is 2.14. The molecule has 5 nitrogen and oxygen atoms in total. The molecule has 2 N–H and O–H groups in total. The van der Waals surface area contributed by atoms with Crippen molar-refractivity contribution < 1.29 is 9.18 Å². The molecule has 2 aromatic rings. The molecule has 1 amide bonds. The van der Waals surface area contributed by atoms with E-state index in [0.29, 0.717) is 30.1 Å². The van der Waals surface area contributed by atoms with Crippen LogP contribution in [0.2, 0.25) is 0 Å². The van der Waals surface area contributed by atoms with Gasteiger partial charge in [0.15, 0.2) is 0 Å². The van der Waals surface area contributed by atoms with Crippen molar-refractivity contribution in [2.75, 3.05) is 19.6 Å². The van der Waals surface area contributed by atoms with Crippen molar-refractivity contribution >= 4 is 16.8 Å². The summed E-state index contributed by atoms with van der Waals surface area (Å²) in [7, 11) is 0. The molecule has 1 atom stereocenters. The van der Waals surface area contributed by atoms with Crippen molar-refractivity contribution in [2.45, 2.75) is 45.1 Å². The highest BCUT2D eigenvalue weighted by atomic mass is 19.1. The number of halogens is 1. The Morgan fingerprint density at radius 3 is 2.81 bits per heavy atom. The number of carbonyl (C=O) groups excluding carboxylic acids is 1.